The molecule has 1 aromatic rings. The van der Waals surface area contributed by atoms with E-state index in [1.54, 1.807) is 0 Å². The van der Waals surface area contributed by atoms with E-state index in [9.17, 15) is 0 Å². The third-order valence-electron chi connectivity index (χ3n) is 3.74. The predicted molar refractivity (Wildman–Crippen MR) is 86.7 cm³/mol. The highest BCUT2D eigenvalue weighted by Gasteiger charge is 1.98. The van der Waals surface area contributed by atoms with Gasteiger partial charge < -0.3 is 0 Å². The first-order chi connectivity index (χ1) is 9.22. The summed E-state index contributed by atoms with van der Waals surface area (Å²) in [6.45, 7) is 6.85. The van der Waals surface area contributed by atoms with Gasteiger partial charge in [-0.1, -0.05) is 83.6 Å². The Kier molecular flexibility index (Phi) is 8.62. The molecule has 0 aromatic heterocycles. The molecule has 0 radical (unpaired) electrons. The minimum atomic E-state index is 0.758. The minimum absolute atomic E-state index is 0.758. The first-order valence-corrected chi connectivity index (χ1v) is 8.30. The lowest BCUT2D eigenvalue weighted by atomic mass is 9.99. The molecule has 0 fully saturated rings. The van der Waals surface area contributed by atoms with Crippen LogP contribution in [0.2, 0.25) is 0 Å². The molecule has 0 atom stereocenters. The van der Waals surface area contributed by atoms with Crippen LogP contribution in [0.3, 0.4) is 0 Å². The summed E-state index contributed by atoms with van der Waals surface area (Å²) in [5.41, 5.74) is 3.00. The SMILES string of the molecule is CCCCCCCCCc1ccc(CC(C)C)cc1. The highest BCUT2D eigenvalue weighted by Crippen LogP contribution is 2.13. The average Bonchev–Trinajstić information content (AvgIpc) is 2.39. The van der Waals surface area contributed by atoms with Gasteiger partial charge in [0.25, 0.3) is 0 Å². The Bertz CT molecular complexity index is 307. The molecule has 0 saturated heterocycles. The topological polar surface area (TPSA) is 0 Å². The maximum atomic E-state index is 2.33. The average molecular weight is 260 g/mol. The fourth-order valence-electron chi connectivity index (χ4n) is 2.60. The van der Waals surface area contributed by atoms with Crippen LogP contribution >= 0.6 is 0 Å². The molecule has 0 saturated carbocycles. The second kappa shape index (κ2) is 10.1. The monoisotopic (exact) mass is 260 g/mol. The molecule has 0 unspecified atom stereocenters. The van der Waals surface area contributed by atoms with E-state index in [1.165, 1.54) is 68.9 Å². The first kappa shape index (κ1) is 16.3. The number of rotatable bonds is 10. The van der Waals surface area contributed by atoms with Gasteiger partial charge >= 0.3 is 0 Å². The normalized spacial score (nSPS) is 11.2. The van der Waals surface area contributed by atoms with Gasteiger partial charge in [-0.15, -0.1) is 0 Å². The van der Waals surface area contributed by atoms with Crippen LogP contribution in [0.15, 0.2) is 24.3 Å². The maximum Gasteiger partial charge on any atom is -0.0256 e. The van der Waals surface area contributed by atoms with Crippen LogP contribution < -0.4 is 0 Å². The molecule has 0 spiro atoms. The molecule has 0 aliphatic carbocycles. The minimum Gasteiger partial charge on any atom is -0.0654 e. The van der Waals surface area contributed by atoms with Crippen molar-refractivity contribution >= 4 is 0 Å². The van der Waals surface area contributed by atoms with Crippen LogP contribution in [-0.4, -0.2) is 0 Å². The Balaban J connectivity index is 2.12. The van der Waals surface area contributed by atoms with Crippen LogP contribution in [0.25, 0.3) is 0 Å². The summed E-state index contributed by atoms with van der Waals surface area (Å²) in [7, 11) is 0. The lowest BCUT2D eigenvalue weighted by Gasteiger charge is -2.06. The molecule has 0 bridgehead atoms. The Morgan fingerprint density at radius 3 is 1.84 bits per heavy atom. The molecule has 0 aliphatic rings. The zero-order valence-corrected chi connectivity index (χ0v) is 13.3. The summed E-state index contributed by atoms with van der Waals surface area (Å²) in [5, 5.41) is 0. The summed E-state index contributed by atoms with van der Waals surface area (Å²) >= 11 is 0. The van der Waals surface area contributed by atoms with Crippen LogP contribution in [0.4, 0.5) is 0 Å². The highest BCUT2D eigenvalue weighted by atomic mass is 14.0. The number of unbranched alkanes of at least 4 members (excludes halogenated alkanes) is 6. The molecule has 19 heavy (non-hydrogen) atoms. The van der Waals surface area contributed by atoms with Gasteiger partial charge in [-0.2, -0.15) is 0 Å². The van der Waals surface area contributed by atoms with Crippen LogP contribution in [-0.2, 0) is 12.8 Å². The molecular weight excluding hydrogens is 228 g/mol. The van der Waals surface area contributed by atoms with Gasteiger partial charge in [0.15, 0.2) is 0 Å². The lowest BCUT2D eigenvalue weighted by molar-refractivity contribution is 0.589. The Hall–Kier alpha value is -0.780. The summed E-state index contributed by atoms with van der Waals surface area (Å²) in [5.74, 6) is 0.758. The second-order valence-electron chi connectivity index (χ2n) is 6.29. The molecule has 0 amide bonds. The van der Waals surface area contributed by atoms with E-state index >= 15 is 0 Å². The van der Waals surface area contributed by atoms with Crippen molar-refractivity contribution in [2.45, 2.75) is 78.6 Å². The van der Waals surface area contributed by atoms with Gasteiger partial charge in [0.2, 0.25) is 0 Å². The summed E-state index contributed by atoms with van der Waals surface area (Å²) < 4.78 is 0. The van der Waals surface area contributed by atoms with Gasteiger partial charge in [0.05, 0.1) is 0 Å². The summed E-state index contributed by atoms with van der Waals surface area (Å²) in [4.78, 5) is 0. The number of hydrogen-bond acceptors (Lipinski definition) is 0. The predicted octanol–water partition coefficient (Wildman–Crippen LogP) is 6.18. The van der Waals surface area contributed by atoms with Crippen molar-refractivity contribution in [3.63, 3.8) is 0 Å². The quantitative estimate of drug-likeness (QED) is 0.441. The fraction of sp³-hybridized carbons (Fsp3) is 0.684. The van der Waals surface area contributed by atoms with E-state index in [-0.39, 0.29) is 0 Å². The first-order valence-electron chi connectivity index (χ1n) is 8.30. The molecular formula is C19H32. The van der Waals surface area contributed by atoms with E-state index in [0.717, 1.165) is 5.92 Å². The van der Waals surface area contributed by atoms with Crippen molar-refractivity contribution in [3.05, 3.63) is 35.4 Å². The Morgan fingerprint density at radius 1 is 0.737 bits per heavy atom. The molecule has 0 nitrogen and oxygen atoms in total. The zero-order valence-electron chi connectivity index (χ0n) is 13.3. The Labute approximate surface area is 120 Å². The van der Waals surface area contributed by atoms with Crippen molar-refractivity contribution in [1.82, 2.24) is 0 Å². The van der Waals surface area contributed by atoms with Crippen LogP contribution in [0.1, 0.15) is 76.8 Å². The molecule has 108 valence electrons. The van der Waals surface area contributed by atoms with Crippen molar-refractivity contribution in [1.29, 1.82) is 0 Å². The van der Waals surface area contributed by atoms with Gasteiger partial charge in [0, 0.05) is 0 Å². The van der Waals surface area contributed by atoms with E-state index in [1.807, 2.05) is 0 Å². The van der Waals surface area contributed by atoms with Crippen LogP contribution in [0, 0.1) is 5.92 Å². The second-order valence-corrected chi connectivity index (χ2v) is 6.29. The lowest BCUT2D eigenvalue weighted by Crippen LogP contribution is -1.94. The van der Waals surface area contributed by atoms with E-state index in [4.69, 9.17) is 0 Å². The van der Waals surface area contributed by atoms with Gasteiger partial charge in [0.1, 0.15) is 0 Å². The zero-order chi connectivity index (χ0) is 13.9. The van der Waals surface area contributed by atoms with Crippen molar-refractivity contribution < 1.29 is 0 Å². The molecule has 0 heterocycles. The smallest absolute Gasteiger partial charge is 0.0256 e. The molecule has 1 rings (SSSR count). The molecule has 0 heteroatoms. The number of aryl methyl sites for hydroxylation is 1. The summed E-state index contributed by atoms with van der Waals surface area (Å²) in [6.07, 6.45) is 12.3. The number of hydrogen-bond donors (Lipinski definition) is 0. The maximum absolute atomic E-state index is 2.33. The largest absolute Gasteiger partial charge is 0.0654 e. The van der Waals surface area contributed by atoms with E-state index in [2.05, 4.69) is 45.0 Å². The van der Waals surface area contributed by atoms with E-state index in [0.29, 0.717) is 0 Å². The van der Waals surface area contributed by atoms with Crippen molar-refractivity contribution in [2.24, 2.45) is 5.92 Å². The van der Waals surface area contributed by atoms with Crippen molar-refractivity contribution in [3.8, 4) is 0 Å². The summed E-state index contributed by atoms with van der Waals surface area (Å²) in [6, 6.07) is 9.29. The highest BCUT2D eigenvalue weighted by molar-refractivity contribution is 5.22. The van der Waals surface area contributed by atoms with Gasteiger partial charge in [-0.3, -0.25) is 0 Å². The standard InChI is InChI=1S/C19H32/c1-4-5-6-7-8-9-10-11-18-12-14-19(15-13-18)16-17(2)3/h12-15,17H,4-11,16H2,1-3H3. The molecule has 0 aliphatic heterocycles. The van der Waals surface area contributed by atoms with Crippen LogP contribution in [0.5, 0.6) is 0 Å². The van der Waals surface area contributed by atoms with Gasteiger partial charge in [-0.05, 0) is 36.3 Å². The molecule has 1 aromatic carbocycles. The fourth-order valence-corrected chi connectivity index (χ4v) is 2.60. The Morgan fingerprint density at radius 2 is 1.26 bits per heavy atom. The van der Waals surface area contributed by atoms with E-state index < -0.39 is 0 Å². The molecule has 0 N–H and O–H groups in total. The number of benzene rings is 1. The van der Waals surface area contributed by atoms with Crippen molar-refractivity contribution in [2.75, 3.05) is 0 Å². The third-order valence-corrected chi connectivity index (χ3v) is 3.74. The van der Waals surface area contributed by atoms with Gasteiger partial charge in [-0.25, -0.2) is 0 Å². The third kappa shape index (κ3) is 8.08.